The summed E-state index contributed by atoms with van der Waals surface area (Å²) in [6, 6.07) is 5.72. The number of ether oxygens (including phenoxy) is 1. The summed E-state index contributed by atoms with van der Waals surface area (Å²) in [5.74, 6) is -0.423. The number of aliphatic hydroxyl groups is 5. The monoisotopic (exact) mass is 330 g/mol. The average molecular weight is 330 g/mol. The maximum absolute atomic E-state index is 13.1. The third-order valence-electron chi connectivity index (χ3n) is 3.41. The fraction of sp³-hybridized carbons (Fsp3) is 0.500. The summed E-state index contributed by atoms with van der Waals surface area (Å²) in [5, 5.41) is 47.7. The molecule has 7 heteroatoms. The molecule has 0 aliphatic heterocycles. The van der Waals surface area contributed by atoms with Crippen molar-refractivity contribution in [3.63, 3.8) is 0 Å². The quantitative estimate of drug-likeness (QED) is 0.378. The van der Waals surface area contributed by atoms with Gasteiger partial charge in [-0.15, -0.1) is 6.58 Å². The zero-order chi connectivity index (χ0) is 17.4. The minimum atomic E-state index is -1.74. The first-order valence-electron chi connectivity index (χ1n) is 7.20. The van der Waals surface area contributed by atoms with Crippen LogP contribution in [0.1, 0.15) is 12.0 Å². The molecule has 1 aromatic carbocycles. The van der Waals surface area contributed by atoms with E-state index in [0.29, 0.717) is 5.56 Å². The second kappa shape index (κ2) is 9.71. The van der Waals surface area contributed by atoms with Gasteiger partial charge >= 0.3 is 0 Å². The number of hydrogen-bond donors (Lipinski definition) is 5. The number of benzene rings is 1. The maximum Gasteiger partial charge on any atom is 0.123 e. The molecule has 1 rings (SSSR count). The highest BCUT2D eigenvalue weighted by Crippen LogP contribution is 2.16. The highest BCUT2D eigenvalue weighted by Gasteiger charge is 2.34. The summed E-state index contributed by atoms with van der Waals surface area (Å²) in [5.41, 5.74) is 0.539. The predicted octanol–water partition coefficient (Wildman–Crippen LogP) is -0.277. The van der Waals surface area contributed by atoms with Crippen LogP contribution in [0.4, 0.5) is 4.39 Å². The lowest BCUT2D eigenvalue weighted by Gasteiger charge is -2.30. The Labute approximate surface area is 134 Å². The number of halogens is 1. The normalized spacial score (nSPS) is 18.0. The zero-order valence-electron chi connectivity index (χ0n) is 12.6. The summed E-state index contributed by atoms with van der Waals surface area (Å²) < 4.78 is 18.6. The van der Waals surface area contributed by atoms with Crippen LogP contribution in [0.2, 0.25) is 0 Å². The first-order chi connectivity index (χ1) is 10.9. The molecule has 0 spiro atoms. The minimum absolute atomic E-state index is 0.0152. The summed E-state index contributed by atoms with van der Waals surface area (Å²) in [4.78, 5) is 0. The number of aliphatic hydroxyl groups excluding tert-OH is 5. The van der Waals surface area contributed by atoms with Crippen LogP contribution in [0.3, 0.4) is 0 Å². The lowest BCUT2D eigenvalue weighted by molar-refractivity contribution is -0.152. The lowest BCUT2D eigenvalue weighted by atomic mass is 9.97. The van der Waals surface area contributed by atoms with Gasteiger partial charge in [0.25, 0.3) is 0 Å². The van der Waals surface area contributed by atoms with E-state index >= 15 is 0 Å². The van der Waals surface area contributed by atoms with Crippen LogP contribution in [0.5, 0.6) is 0 Å². The second-order valence-electron chi connectivity index (χ2n) is 5.23. The van der Waals surface area contributed by atoms with Crippen LogP contribution in [-0.2, 0) is 11.3 Å². The Morgan fingerprint density at radius 2 is 1.83 bits per heavy atom. The van der Waals surface area contributed by atoms with Crippen molar-refractivity contribution in [2.24, 2.45) is 0 Å². The van der Waals surface area contributed by atoms with Gasteiger partial charge in [0.05, 0.1) is 19.3 Å². The Kier molecular flexibility index (Phi) is 8.32. The minimum Gasteiger partial charge on any atom is -0.394 e. The molecule has 0 aliphatic carbocycles. The lowest BCUT2D eigenvalue weighted by Crippen LogP contribution is -2.50. The van der Waals surface area contributed by atoms with Crippen molar-refractivity contribution in [3.8, 4) is 0 Å². The molecular weight excluding hydrogens is 307 g/mol. The van der Waals surface area contributed by atoms with Crippen LogP contribution in [-0.4, -0.2) is 62.7 Å². The fourth-order valence-electron chi connectivity index (χ4n) is 2.06. The highest BCUT2D eigenvalue weighted by atomic mass is 19.1. The molecule has 5 atom stereocenters. The van der Waals surface area contributed by atoms with Crippen molar-refractivity contribution >= 4 is 0 Å². The predicted molar refractivity (Wildman–Crippen MR) is 80.9 cm³/mol. The molecule has 6 nitrogen and oxygen atoms in total. The van der Waals surface area contributed by atoms with E-state index in [2.05, 4.69) is 6.58 Å². The largest absolute Gasteiger partial charge is 0.394 e. The topological polar surface area (TPSA) is 110 Å². The first kappa shape index (κ1) is 19.7. The van der Waals surface area contributed by atoms with Crippen LogP contribution >= 0.6 is 0 Å². The van der Waals surface area contributed by atoms with Crippen LogP contribution in [0.15, 0.2) is 36.9 Å². The molecule has 5 unspecified atom stereocenters. The molecule has 130 valence electrons. The van der Waals surface area contributed by atoms with E-state index < -0.39 is 42.9 Å². The summed E-state index contributed by atoms with van der Waals surface area (Å²) in [6.45, 7) is 2.74. The molecular formula is C16H23FO6. The Morgan fingerprint density at radius 3 is 2.39 bits per heavy atom. The van der Waals surface area contributed by atoms with Gasteiger partial charge in [0.15, 0.2) is 0 Å². The summed E-state index contributed by atoms with van der Waals surface area (Å²) in [7, 11) is 0. The van der Waals surface area contributed by atoms with E-state index in [-0.39, 0.29) is 13.0 Å². The molecule has 0 aromatic heterocycles. The Bertz CT molecular complexity index is 483. The fourth-order valence-corrected chi connectivity index (χ4v) is 2.06. The molecule has 0 heterocycles. The van der Waals surface area contributed by atoms with Crippen molar-refractivity contribution < 1.29 is 34.7 Å². The van der Waals surface area contributed by atoms with E-state index in [0.717, 1.165) is 0 Å². The Hall–Kier alpha value is -1.35. The van der Waals surface area contributed by atoms with Crippen molar-refractivity contribution in [2.45, 2.75) is 43.5 Å². The molecule has 5 N–H and O–H groups in total. The average Bonchev–Trinajstić information content (AvgIpc) is 2.55. The number of hydrogen-bond acceptors (Lipinski definition) is 6. The van der Waals surface area contributed by atoms with Gasteiger partial charge < -0.3 is 30.3 Å². The third kappa shape index (κ3) is 5.98. The number of rotatable bonds is 10. The van der Waals surface area contributed by atoms with Gasteiger partial charge in [-0.3, -0.25) is 0 Å². The van der Waals surface area contributed by atoms with Crippen molar-refractivity contribution in [1.29, 1.82) is 0 Å². The second-order valence-corrected chi connectivity index (χ2v) is 5.23. The van der Waals surface area contributed by atoms with Gasteiger partial charge in [-0.05, 0) is 24.1 Å². The van der Waals surface area contributed by atoms with E-state index in [1.165, 1.54) is 24.3 Å². The smallest absolute Gasteiger partial charge is 0.123 e. The zero-order valence-corrected chi connectivity index (χ0v) is 12.6. The van der Waals surface area contributed by atoms with Gasteiger partial charge in [0.2, 0.25) is 0 Å². The molecule has 1 aromatic rings. The van der Waals surface area contributed by atoms with Crippen molar-refractivity contribution in [3.05, 3.63) is 48.3 Å². The molecule has 0 radical (unpaired) electrons. The molecule has 0 aliphatic rings. The Balaban J connectivity index is 2.70. The van der Waals surface area contributed by atoms with Gasteiger partial charge in [0, 0.05) is 0 Å². The van der Waals surface area contributed by atoms with Crippen LogP contribution < -0.4 is 0 Å². The third-order valence-corrected chi connectivity index (χ3v) is 3.41. The van der Waals surface area contributed by atoms with Crippen molar-refractivity contribution in [2.75, 3.05) is 6.61 Å². The Morgan fingerprint density at radius 1 is 1.13 bits per heavy atom. The SMILES string of the molecule is C=CCC(OCc1cccc(F)c1)C(O)C(O)C(O)C(O)CO. The van der Waals surface area contributed by atoms with Crippen LogP contribution in [0, 0.1) is 5.82 Å². The van der Waals surface area contributed by atoms with Gasteiger partial charge in [0.1, 0.15) is 30.2 Å². The summed E-state index contributed by atoms with van der Waals surface area (Å²) >= 11 is 0. The molecule has 0 amide bonds. The van der Waals surface area contributed by atoms with E-state index in [9.17, 15) is 24.8 Å². The molecule has 0 saturated carbocycles. The standard InChI is InChI=1S/C16H23FO6/c1-2-4-13(15(21)16(22)14(20)12(19)8-18)23-9-10-5-3-6-11(17)7-10/h2-3,5-7,12-16,18-22H,1,4,8-9H2. The van der Waals surface area contributed by atoms with Gasteiger partial charge in [-0.2, -0.15) is 0 Å². The van der Waals surface area contributed by atoms with Crippen molar-refractivity contribution in [1.82, 2.24) is 0 Å². The molecule has 23 heavy (non-hydrogen) atoms. The van der Waals surface area contributed by atoms with Crippen LogP contribution in [0.25, 0.3) is 0 Å². The molecule has 0 fully saturated rings. The van der Waals surface area contributed by atoms with E-state index in [1.807, 2.05) is 0 Å². The van der Waals surface area contributed by atoms with E-state index in [1.54, 1.807) is 6.07 Å². The van der Waals surface area contributed by atoms with E-state index in [4.69, 9.17) is 9.84 Å². The summed E-state index contributed by atoms with van der Waals surface area (Å²) in [6.07, 6.45) is -5.89. The highest BCUT2D eigenvalue weighted by molar-refractivity contribution is 5.15. The molecule has 0 bridgehead atoms. The molecule has 0 saturated heterocycles. The van der Waals surface area contributed by atoms with Gasteiger partial charge in [-0.1, -0.05) is 18.2 Å². The van der Waals surface area contributed by atoms with Gasteiger partial charge in [-0.25, -0.2) is 4.39 Å². The first-order valence-corrected chi connectivity index (χ1v) is 7.20. The maximum atomic E-state index is 13.1.